The van der Waals surface area contributed by atoms with E-state index in [2.05, 4.69) is 15.6 Å². The molecule has 0 spiro atoms. The highest BCUT2D eigenvalue weighted by Gasteiger charge is 2.14. The molecule has 2 amide bonds. The molecule has 0 aliphatic carbocycles. The molecule has 0 saturated carbocycles. The maximum Gasteiger partial charge on any atom is 0.319 e. The highest BCUT2D eigenvalue weighted by Crippen LogP contribution is 2.11. The largest absolute Gasteiger partial charge is 0.481 e. The SMILES string of the molecule is O=C(O)Cc1ccc(NC(=O)NCC2CCCCO2)cn1. The molecule has 7 heteroatoms. The zero-order valence-corrected chi connectivity index (χ0v) is 11.7. The fraction of sp³-hybridized carbons (Fsp3) is 0.500. The van der Waals surface area contributed by atoms with Gasteiger partial charge in [0, 0.05) is 13.2 Å². The maximum atomic E-state index is 11.7. The molecular weight excluding hydrogens is 274 g/mol. The molecule has 1 aromatic rings. The molecule has 1 unspecified atom stereocenters. The third kappa shape index (κ3) is 5.39. The third-order valence-corrected chi connectivity index (χ3v) is 3.18. The first-order valence-electron chi connectivity index (χ1n) is 6.96. The average molecular weight is 293 g/mol. The van der Waals surface area contributed by atoms with E-state index < -0.39 is 5.97 Å². The second-order valence-corrected chi connectivity index (χ2v) is 4.93. The summed E-state index contributed by atoms with van der Waals surface area (Å²) in [6.07, 6.45) is 4.56. The van der Waals surface area contributed by atoms with Crippen LogP contribution in [0.2, 0.25) is 0 Å². The van der Waals surface area contributed by atoms with Gasteiger partial charge >= 0.3 is 12.0 Å². The van der Waals surface area contributed by atoms with Crippen LogP contribution in [0.3, 0.4) is 0 Å². The Morgan fingerprint density at radius 3 is 2.86 bits per heavy atom. The molecular formula is C14H19N3O4. The Labute approximate surface area is 122 Å². The van der Waals surface area contributed by atoms with Gasteiger partial charge < -0.3 is 20.5 Å². The first kappa shape index (κ1) is 15.2. The first-order valence-corrected chi connectivity index (χ1v) is 6.96. The number of ether oxygens (including phenoxy) is 1. The van der Waals surface area contributed by atoms with Crippen molar-refractivity contribution in [3.63, 3.8) is 0 Å². The molecule has 1 saturated heterocycles. The van der Waals surface area contributed by atoms with Crippen LogP contribution in [0.5, 0.6) is 0 Å². The van der Waals surface area contributed by atoms with Crippen molar-refractivity contribution < 1.29 is 19.4 Å². The van der Waals surface area contributed by atoms with Crippen LogP contribution in [0.1, 0.15) is 25.0 Å². The van der Waals surface area contributed by atoms with Gasteiger partial charge in [0.2, 0.25) is 0 Å². The maximum absolute atomic E-state index is 11.7. The van der Waals surface area contributed by atoms with E-state index in [1.54, 1.807) is 12.1 Å². The van der Waals surface area contributed by atoms with E-state index in [1.165, 1.54) is 6.20 Å². The van der Waals surface area contributed by atoms with E-state index in [0.29, 0.717) is 17.9 Å². The summed E-state index contributed by atoms with van der Waals surface area (Å²) in [5.74, 6) is -0.937. The number of pyridine rings is 1. The highest BCUT2D eigenvalue weighted by atomic mass is 16.5. The van der Waals surface area contributed by atoms with Gasteiger partial charge in [0.15, 0.2) is 0 Å². The van der Waals surface area contributed by atoms with Gasteiger partial charge in [-0.15, -0.1) is 0 Å². The molecule has 1 atom stereocenters. The zero-order valence-electron chi connectivity index (χ0n) is 11.7. The Bertz CT molecular complexity index is 483. The van der Waals surface area contributed by atoms with Gasteiger partial charge in [-0.05, 0) is 31.4 Å². The Morgan fingerprint density at radius 2 is 2.24 bits per heavy atom. The minimum absolute atomic E-state index is 0.0839. The minimum Gasteiger partial charge on any atom is -0.481 e. The topological polar surface area (TPSA) is 101 Å². The number of rotatable bonds is 5. The number of carboxylic acid groups (broad SMARTS) is 1. The van der Waals surface area contributed by atoms with Gasteiger partial charge in [0.05, 0.1) is 30.1 Å². The minimum atomic E-state index is -0.937. The van der Waals surface area contributed by atoms with Gasteiger partial charge in [-0.3, -0.25) is 9.78 Å². The van der Waals surface area contributed by atoms with Crippen LogP contribution in [0, 0.1) is 0 Å². The Kier molecular flexibility index (Phi) is 5.51. The molecule has 2 heterocycles. The number of carboxylic acids is 1. The van der Waals surface area contributed by atoms with E-state index >= 15 is 0 Å². The lowest BCUT2D eigenvalue weighted by Crippen LogP contribution is -2.37. The van der Waals surface area contributed by atoms with Crippen LogP contribution in [-0.4, -0.2) is 41.3 Å². The fourth-order valence-corrected chi connectivity index (χ4v) is 2.11. The molecule has 1 aliphatic heterocycles. The first-order chi connectivity index (χ1) is 10.1. The smallest absolute Gasteiger partial charge is 0.319 e. The van der Waals surface area contributed by atoms with Crippen molar-refractivity contribution >= 4 is 17.7 Å². The summed E-state index contributed by atoms with van der Waals surface area (Å²) in [4.78, 5) is 26.2. The third-order valence-electron chi connectivity index (χ3n) is 3.18. The van der Waals surface area contributed by atoms with Crippen molar-refractivity contribution in [3.8, 4) is 0 Å². The second kappa shape index (κ2) is 7.58. The molecule has 1 aromatic heterocycles. The van der Waals surface area contributed by atoms with Crippen LogP contribution in [-0.2, 0) is 16.0 Å². The monoisotopic (exact) mass is 293 g/mol. The lowest BCUT2D eigenvalue weighted by molar-refractivity contribution is -0.136. The number of carbonyl (C=O) groups is 2. The number of amides is 2. The summed E-state index contributed by atoms with van der Waals surface area (Å²) in [7, 11) is 0. The molecule has 0 aromatic carbocycles. The molecule has 3 N–H and O–H groups in total. The molecule has 0 bridgehead atoms. The summed E-state index contributed by atoms with van der Waals surface area (Å²) < 4.78 is 5.52. The van der Waals surface area contributed by atoms with Gasteiger partial charge in [-0.2, -0.15) is 0 Å². The quantitative estimate of drug-likeness (QED) is 0.762. The van der Waals surface area contributed by atoms with Gasteiger partial charge in [-0.1, -0.05) is 0 Å². The summed E-state index contributed by atoms with van der Waals surface area (Å²) in [5, 5.41) is 14.0. The molecule has 7 nitrogen and oxygen atoms in total. The summed E-state index contributed by atoms with van der Waals surface area (Å²) in [5.41, 5.74) is 0.968. The van der Waals surface area contributed by atoms with Gasteiger partial charge in [0.1, 0.15) is 0 Å². The fourth-order valence-electron chi connectivity index (χ4n) is 2.11. The van der Waals surface area contributed by atoms with Crippen molar-refractivity contribution in [2.75, 3.05) is 18.5 Å². The van der Waals surface area contributed by atoms with Gasteiger partial charge in [-0.25, -0.2) is 4.79 Å². The number of carbonyl (C=O) groups excluding carboxylic acids is 1. The van der Waals surface area contributed by atoms with Crippen molar-refractivity contribution in [2.45, 2.75) is 31.8 Å². The van der Waals surface area contributed by atoms with E-state index in [0.717, 1.165) is 25.9 Å². The number of hydrogen-bond donors (Lipinski definition) is 3. The number of anilines is 1. The second-order valence-electron chi connectivity index (χ2n) is 4.93. The Hall–Kier alpha value is -2.15. The van der Waals surface area contributed by atoms with Crippen molar-refractivity contribution in [1.29, 1.82) is 0 Å². The molecule has 1 aliphatic rings. The van der Waals surface area contributed by atoms with E-state index in [4.69, 9.17) is 9.84 Å². The van der Waals surface area contributed by atoms with Crippen molar-refractivity contribution in [3.05, 3.63) is 24.0 Å². The number of aliphatic carboxylic acids is 1. The normalized spacial score (nSPS) is 18.0. The van der Waals surface area contributed by atoms with Crippen LogP contribution in [0.4, 0.5) is 10.5 Å². The van der Waals surface area contributed by atoms with Crippen LogP contribution in [0.25, 0.3) is 0 Å². The number of aromatic nitrogens is 1. The molecule has 1 fully saturated rings. The predicted molar refractivity (Wildman–Crippen MR) is 76.2 cm³/mol. The Balaban J connectivity index is 1.75. The number of hydrogen-bond acceptors (Lipinski definition) is 4. The number of nitrogens with zero attached hydrogens (tertiary/aromatic N) is 1. The zero-order chi connectivity index (χ0) is 15.1. The van der Waals surface area contributed by atoms with E-state index in [9.17, 15) is 9.59 Å². The number of nitrogens with one attached hydrogen (secondary N) is 2. The standard InChI is InChI=1S/C14H19N3O4/c18-13(19)7-10-4-5-11(8-15-10)17-14(20)16-9-12-3-1-2-6-21-12/h4-5,8,12H,1-3,6-7,9H2,(H,18,19)(H2,16,17,20). The lowest BCUT2D eigenvalue weighted by atomic mass is 10.1. The van der Waals surface area contributed by atoms with Crippen LogP contribution in [0.15, 0.2) is 18.3 Å². The summed E-state index contributed by atoms with van der Waals surface area (Å²) >= 11 is 0. The summed E-state index contributed by atoms with van der Waals surface area (Å²) in [6.45, 7) is 1.24. The van der Waals surface area contributed by atoms with Crippen molar-refractivity contribution in [1.82, 2.24) is 10.3 Å². The molecule has 0 radical (unpaired) electrons. The van der Waals surface area contributed by atoms with E-state index in [1.807, 2.05) is 0 Å². The van der Waals surface area contributed by atoms with Crippen LogP contribution < -0.4 is 10.6 Å². The predicted octanol–water partition coefficient (Wildman–Crippen LogP) is 1.40. The molecule has 114 valence electrons. The summed E-state index contributed by atoms with van der Waals surface area (Å²) in [6, 6.07) is 2.88. The van der Waals surface area contributed by atoms with Crippen LogP contribution >= 0.6 is 0 Å². The highest BCUT2D eigenvalue weighted by molar-refractivity contribution is 5.89. The number of urea groups is 1. The molecule has 21 heavy (non-hydrogen) atoms. The Morgan fingerprint density at radius 1 is 1.38 bits per heavy atom. The molecule has 2 rings (SSSR count). The average Bonchev–Trinajstić information content (AvgIpc) is 2.48. The van der Waals surface area contributed by atoms with Gasteiger partial charge in [0.25, 0.3) is 0 Å². The lowest BCUT2D eigenvalue weighted by Gasteiger charge is -2.22. The van der Waals surface area contributed by atoms with E-state index in [-0.39, 0.29) is 18.6 Å². The van der Waals surface area contributed by atoms with Crippen molar-refractivity contribution in [2.24, 2.45) is 0 Å².